The highest BCUT2D eigenvalue weighted by atomic mass is 16.4. The van der Waals surface area contributed by atoms with E-state index in [1.165, 1.54) is 0 Å². The van der Waals surface area contributed by atoms with E-state index < -0.39 is 28.8 Å². The zero-order valence-electron chi connectivity index (χ0n) is 6.35. The lowest BCUT2D eigenvalue weighted by Crippen LogP contribution is -1.96. The summed E-state index contributed by atoms with van der Waals surface area (Å²) in [7, 11) is 0. The van der Waals surface area contributed by atoms with Gasteiger partial charge in [0.2, 0.25) is 5.75 Å². The van der Waals surface area contributed by atoms with E-state index in [0.29, 0.717) is 0 Å². The standard InChI is InChI=1S/C7H6O5.H2O/c8-4-2-1-3(7(11)12)5(9)6(4)10;/h1-2,8-10H,(H,11,12);1H2. The molecule has 72 valence electrons. The number of carboxylic acid groups (broad SMARTS) is 1. The van der Waals surface area contributed by atoms with Crippen molar-refractivity contribution in [2.24, 2.45) is 0 Å². The van der Waals surface area contributed by atoms with Crippen LogP contribution in [0.5, 0.6) is 17.2 Å². The predicted octanol–water partition coefficient (Wildman–Crippen LogP) is -0.323. The summed E-state index contributed by atoms with van der Waals surface area (Å²) in [5, 5.41) is 35.1. The summed E-state index contributed by atoms with van der Waals surface area (Å²) in [6, 6.07) is 1.98. The van der Waals surface area contributed by atoms with Crippen molar-refractivity contribution in [3.05, 3.63) is 17.7 Å². The van der Waals surface area contributed by atoms with Crippen LogP contribution in [0.25, 0.3) is 0 Å². The highest BCUT2D eigenvalue weighted by Crippen LogP contribution is 2.36. The number of carbonyl (C=O) groups is 1. The average molecular weight is 188 g/mol. The maximum absolute atomic E-state index is 10.3. The number of phenolic OH excluding ortho intramolecular Hbond substituents is 2. The Morgan fingerprint density at radius 3 is 2.08 bits per heavy atom. The van der Waals surface area contributed by atoms with Crippen molar-refractivity contribution in [2.45, 2.75) is 0 Å². The topological polar surface area (TPSA) is 129 Å². The number of benzene rings is 1. The van der Waals surface area contributed by atoms with Crippen LogP contribution in [0.2, 0.25) is 0 Å². The Balaban J connectivity index is 0.00000144. The van der Waals surface area contributed by atoms with Crippen LogP contribution in [-0.2, 0) is 0 Å². The van der Waals surface area contributed by atoms with Gasteiger partial charge in [-0.2, -0.15) is 0 Å². The summed E-state index contributed by atoms with van der Waals surface area (Å²) in [6.45, 7) is 0. The summed E-state index contributed by atoms with van der Waals surface area (Å²) in [5.41, 5.74) is -0.453. The first kappa shape index (κ1) is 11.1. The van der Waals surface area contributed by atoms with Gasteiger partial charge in [-0.15, -0.1) is 0 Å². The van der Waals surface area contributed by atoms with Gasteiger partial charge in [0.05, 0.1) is 0 Å². The maximum Gasteiger partial charge on any atom is 0.339 e. The maximum atomic E-state index is 10.3. The fraction of sp³-hybridized carbons (Fsp3) is 0. The van der Waals surface area contributed by atoms with Crippen LogP contribution in [0.15, 0.2) is 12.1 Å². The third-order valence-corrected chi connectivity index (χ3v) is 1.36. The van der Waals surface area contributed by atoms with Gasteiger partial charge in [-0.05, 0) is 12.1 Å². The van der Waals surface area contributed by atoms with Crippen LogP contribution in [0.1, 0.15) is 10.4 Å². The third kappa shape index (κ3) is 1.79. The molecule has 0 saturated heterocycles. The zero-order chi connectivity index (χ0) is 9.30. The molecule has 6 heteroatoms. The summed E-state index contributed by atoms with van der Waals surface area (Å²) in [4.78, 5) is 10.3. The molecule has 13 heavy (non-hydrogen) atoms. The number of phenols is 3. The Kier molecular flexibility index (Phi) is 3.09. The summed E-state index contributed by atoms with van der Waals surface area (Å²) >= 11 is 0. The molecule has 0 bridgehead atoms. The highest BCUT2D eigenvalue weighted by Gasteiger charge is 2.15. The van der Waals surface area contributed by atoms with Crippen LogP contribution in [0, 0.1) is 0 Å². The molecule has 0 saturated carbocycles. The van der Waals surface area contributed by atoms with E-state index in [0.717, 1.165) is 12.1 Å². The number of rotatable bonds is 1. The smallest absolute Gasteiger partial charge is 0.339 e. The lowest BCUT2D eigenvalue weighted by Gasteiger charge is -2.02. The third-order valence-electron chi connectivity index (χ3n) is 1.36. The number of hydrogen-bond acceptors (Lipinski definition) is 4. The number of hydrogen-bond donors (Lipinski definition) is 4. The zero-order valence-corrected chi connectivity index (χ0v) is 6.35. The Bertz CT molecular complexity index is 332. The Morgan fingerprint density at radius 2 is 1.62 bits per heavy atom. The molecule has 0 aliphatic rings. The van der Waals surface area contributed by atoms with Gasteiger partial charge in [0.15, 0.2) is 11.5 Å². The average Bonchev–Trinajstić information content (AvgIpc) is 2.00. The van der Waals surface area contributed by atoms with E-state index in [-0.39, 0.29) is 5.48 Å². The molecule has 0 spiro atoms. The largest absolute Gasteiger partial charge is 0.504 e. The molecular formula is C7H8O6. The Hall–Kier alpha value is -1.95. The summed E-state index contributed by atoms with van der Waals surface area (Å²) in [6.07, 6.45) is 0. The van der Waals surface area contributed by atoms with Crippen LogP contribution in [0.3, 0.4) is 0 Å². The van der Waals surface area contributed by atoms with Crippen molar-refractivity contribution >= 4 is 5.97 Å². The van der Waals surface area contributed by atoms with Gasteiger partial charge < -0.3 is 25.9 Å². The molecule has 0 radical (unpaired) electrons. The molecule has 0 unspecified atom stereocenters. The first-order chi connectivity index (χ1) is 5.54. The lowest BCUT2D eigenvalue weighted by molar-refractivity contribution is 0.0693. The van der Waals surface area contributed by atoms with E-state index in [4.69, 9.17) is 20.4 Å². The minimum absolute atomic E-state index is 0. The van der Waals surface area contributed by atoms with Crippen LogP contribution < -0.4 is 0 Å². The SMILES string of the molecule is O.O=C(O)c1ccc(O)c(O)c1O. The normalized spacial score (nSPS) is 8.92. The van der Waals surface area contributed by atoms with Gasteiger partial charge in [-0.3, -0.25) is 0 Å². The Morgan fingerprint density at radius 1 is 1.08 bits per heavy atom. The van der Waals surface area contributed by atoms with Crippen molar-refractivity contribution in [3.63, 3.8) is 0 Å². The van der Waals surface area contributed by atoms with Crippen LogP contribution >= 0.6 is 0 Å². The first-order valence-electron chi connectivity index (χ1n) is 3.01. The van der Waals surface area contributed by atoms with E-state index in [9.17, 15) is 4.79 Å². The van der Waals surface area contributed by atoms with Crippen LogP contribution in [-0.4, -0.2) is 31.9 Å². The monoisotopic (exact) mass is 188 g/mol. The molecule has 0 atom stereocenters. The molecule has 0 aliphatic heterocycles. The molecule has 1 aromatic rings. The lowest BCUT2D eigenvalue weighted by atomic mass is 10.2. The summed E-state index contributed by atoms with van der Waals surface area (Å²) < 4.78 is 0. The van der Waals surface area contributed by atoms with Gasteiger partial charge in [-0.25, -0.2) is 4.79 Å². The van der Waals surface area contributed by atoms with E-state index in [1.54, 1.807) is 0 Å². The fourth-order valence-electron chi connectivity index (χ4n) is 0.742. The van der Waals surface area contributed by atoms with Crippen LogP contribution in [0.4, 0.5) is 0 Å². The second-order valence-electron chi connectivity index (χ2n) is 2.13. The van der Waals surface area contributed by atoms with Gasteiger partial charge >= 0.3 is 5.97 Å². The molecule has 0 aliphatic carbocycles. The van der Waals surface area contributed by atoms with E-state index >= 15 is 0 Å². The van der Waals surface area contributed by atoms with Crippen molar-refractivity contribution in [2.75, 3.05) is 0 Å². The number of carboxylic acids is 1. The van der Waals surface area contributed by atoms with E-state index in [2.05, 4.69) is 0 Å². The molecule has 0 heterocycles. The van der Waals surface area contributed by atoms with Crippen molar-refractivity contribution in [1.29, 1.82) is 0 Å². The molecule has 6 nitrogen and oxygen atoms in total. The van der Waals surface area contributed by atoms with Gasteiger partial charge in [-0.1, -0.05) is 0 Å². The molecule has 0 amide bonds. The number of aromatic hydroxyl groups is 3. The quantitative estimate of drug-likeness (QED) is 0.448. The minimum Gasteiger partial charge on any atom is -0.504 e. The van der Waals surface area contributed by atoms with Gasteiger partial charge in [0, 0.05) is 0 Å². The summed E-state index contributed by atoms with van der Waals surface area (Å²) in [5.74, 6) is -3.59. The second-order valence-corrected chi connectivity index (χ2v) is 2.13. The molecule has 1 rings (SSSR count). The van der Waals surface area contributed by atoms with Gasteiger partial charge in [0.1, 0.15) is 5.56 Å². The van der Waals surface area contributed by atoms with Crippen molar-refractivity contribution in [1.82, 2.24) is 0 Å². The molecule has 6 N–H and O–H groups in total. The predicted molar refractivity (Wildman–Crippen MR) is 42.0 cm³/mol. The van der Waals surface area contributed by atoms with Crippen molar-refractivity contribution in [3.8, 4) is 17.2 Å². The highest BCUT2D eigenvalue weighted by molar-refractivity contribution is 5.92. The number of aromatic carboxylic acids is 1. The Labute approximate surface area is 72.6 Å². The fourth-order valence-corrected chi connectivity index (χ4v) is 0.742. The molecular weight excluding hydrogens is 180 g/mol. The van der Waals surface area contributed by atoms with Crippen molar-refractivity contribution < 1.29 is 30.7 Å². The minimum atomic E-state index is -1.37. The second kappa shape index (κ2) is 3.63. The molecule has 0 fully saturated rings. The first-order valence-corrected chi connectivity index (χ1v) is 3.01. The van der Waals surface area contributed by atoms with E-state index in [1.807, 2.05) is 0 Å². The molecule has 0 aromatic heterocycles. The molecule has 1 aromatic carbocycles. The van der Waals surface area contributed by atoms with Gasteiger partial charge in [0.25, 0.3) is 0 Å².